The maximum atomic E-state index is 12.0. The number of aromatic carboxylic acids is 1. The second-order valence-corrected chi connectivity index (χ2v) is 4.75. The van der Waals surface area contributed by atoms with Crippen LogP contribution in [0.25, 0.3) is 0 Å². The van der Waals surface area contributed by atoms with E-state index in [9.17, 15) is 9.59 Å². The summed E-state index contributed by atoms with van der Waals surface area (Å²) in [7, 11) is 0. The van der Waals surface area contributed by atoms with E-state index in [1.54, 1.807) is 4.90 Å². The van der Waals surface area contributed by atoms with Crippen LogP contribution in [0.15, 0.2) is 17.0 Å². The first-order valence-corrected chi connectivity index (χ1v) is 6.09. The van der Waals surface area contributed by atoms with Crippen LogP contribution in [0.3, 0.4) is 0 Å². The van der Waals surface area contributed by atoms with E-state index in [2.05, 4.69) is 4.98 Å². The van der Waals surface area contributed by atoms with Gasteiger partial charge in [0.25, 0.3) is 5.91 Å². The molecule has 90 valence electrons. The summed E-state index contributed by atoms with van der Waals surface area (Å²) in [4.78, 5) is 28.1. The molecule has 5 nitrogen and oxygen atoms in total. The summed E-state index contributed by atoms with van der Waals surface area (Å²) in [5.74, 6) is -1.29. The van der Waals surface area contributed by atoms with Gasteiger partial charge in [-0.05, 0) is 13.3 Å². The van der Waals surface area contributed by atoms with Gasteiger partial charge >= 0.3 is 5.97 Å². The maximum absolute atomic E-state index is 12.0. The normalized spacial score (nSPS) is 15.6. The van der Waals surface area contributed by atoms with Crippen LogP contribution in [0.1, 0.15) is 33.6 Å². The maximum Gasteiger partial charge on any atom is 0.355 e. The van der Waals surface area contributed by atoms with Gasteiger partial charge in [-0.15, -0.1) is 11.3 Å². The van der Waals surface area contributed by atoms with Gasteiger partial charge in [-0.25, -0.2) is 9.78 Å². The smallest absolute Gasteiger partial charge is 0.355 e. The number of hydrogen-bond donors (Lipinski definition) is 1. The second kappa shape index (κ2) is 4.67. The molecule has 1 aliphatic rings. The lowest BCUT2D eigenvalue weighted by Crippen LogP contribution is -2.34. The Balaban J connectivity index is 2.12. The zero-order valence-electron chi connectivity index (χ0n) is 9.34. The lowest BCUT2D eigenvalue weighted by Gasteiger charge is -2.24. The number of carbonyl (C=O) groups excluding carboxylic acids is 1. The lowest BCUT2D eigenvalue weighted by molar-refractivity contribution is 0.0691. The molecule has 1 amide bonds. The van der Waals surface area contributed by atoms with Crippen molar-refractivity contribution in [2.75, 3.05) is 13.1 Å². The largest absolute Gasteiger partial charge is 0.476 e. The molecule has 0 fully saturated rings. The van der Waals surface area contributed by atoms with Gasteiger partial charge in [-0.1, -0.05) is 11.6 Å². The summed E-state index contributed by atoms with van der Waals surface area (Å²) >= 11 is 1.08. The Bertz CT molecular complexity index is 493. The molecule has 0 aromatic carbocycles. The Hall–Kier alpha value is -1.69. The van der Waals surface area contributed by atoms with Crippen LogP contribution in [0, 0.1) is 0 Å². The Morgan fingerprint density at radius 1 is 1.53 bits per heavy atom. The standard InChI is InChI=1S/C11H12N2O3S/c1-7-2-4-13(5-3-7)10(14)9-12-8(6-17-9)11(15)16/h2,6H,3-5H2,1H3,(H,15,16). The average Bonchev–Trinajstić information content (AvgIpc) is 2.78. The van der Waals surface area contributed by atoms with E-state index in [-0.39, 0.29) is 16.6 Å². The fourth-order valence-corrected chi connectivity index (χ4v) is 2.32. The van der Waals surface area contributed by atoms with E-state index in [0.29, 0.717) is 13.1 Å². The lowest BCUT2D eigenvalue weighted by atomic mass is 10.1. The van der Waals surface area contributed by atoms with Crippen LogP contribution in [0.5, 0.6) is 0 Å². The molecular weight excluding hydrogens is 240 g/mol. The molecule has 0 aliphatic carbocycles. The molecule has 6 heteroatoms. The Labute approximate surface area is 102 Å². The fourth-order valence-electron chi connectivity index (χ4n) is 1.56. The molecule has 17 heavy (non-hydrogen) atoms. The van der Waals surface area contributed by atoms with Gasteiger partial charge < -0.3 is 10.0 Å². The number of amides is 1. The van der Waals surface area contributed by atoms with Gasteiger partial charge in [0.2, 0.25) is 0 Å². The third-order valence-corrected chi connectivity index (χ3v) is 3.46. The molecular formula is C11H12N2O3S. The van der Waals surface area contributed by atoms with Crippen molar-refractivity contribution >= 4 is 23.2 Å². The molecule has 0 saturated carbocycles. The van der Waals surface area contributed by atoms with Crippen molar-refractivity contribution < 1.29 is 14.7 Å². The van der Waals surface area contributed by atoms with E-state index >= 15 is 0 Å². The Kier molecular flexibility index (Phi) is 3.23. The highest BCUT2D eigenvalue weighted by molar-refractivity contribution is 7.11. The quantitative estimate of drug-likeness (QED) is 0.812. The average molecular weight is 252 g/mol. The molecule has 2 rings (SSSR count). The van der Waals surface area contributed by atoms with Crippen molar-refractivity contribution in [1.29, 1.82) is 0 Å². The molecule has 1 N–H and O–H groups in total. The number of carbonyl (C=O) groups is 2. The van der Waals surface area contributed by atoms with E-state index in [1.165, 1.54) is 11.0 Å². The van der Waals surface area contributed by atoms with Crippen LogP contribution >= 0.6 is 11.3 Å². The minimum Gasteiger partial charge on any atom is -0.476 e. The zero-order chi connectivity index (χ0) is 12.4. The molecule has 0 radical (unpaired) electrons. The van der Waals surface area contributed by atoms with Crippen molar-refractivity contribution in [2.45, 2.75) is 13.3 Å². The third kappa shape index (κ3) is 2.52. The highest BCUT2D eigenvalue weighted by Crippen LogP contribution is 2.16. The number of carboxylic acid groups (broad SMARTS) is 1. The predicted molar refractivity (Wildman–Crippen MR) is 63.4 cm³/mol. The third-order valence-electron chi connectivity index (χ3n) is 2.63. The first kappa shape index (κ1) is 11.8. The van der Waals surface area contributed by atoms with E-state index in [1.807, 2.05) is 13.0 Å². The summed E-state index contributed by atoms with van der Waals surface area (Å²) in [5, 5.41) is 10.4. The fraction of sp³-hybridized carbons (Fsp3) is 0.364. The Morgan fingerprint density at radius 3 is 2.82 bits per heavy atom. The molecule has 2 heterocycles. The van der Waals surface area contributed by atoms with Gasteiger partial charge in [-0.2, -0.15) is 0 Å². The number of aromatic nitrogens is 1. The highest BCUT2D eigenvalue weighted by Gasteiger charge is 2.21. The first-order chi connectivity index (χ1) is 8.08. The topological polar surface area (TPSA) is 70.5 Å². The number of carboxylic acids is 1. The van der Waals surface area contributed by atoms with E-state index < -0.39 is 5.97 Å². The van der Waals surface area contributed by atoms with Crippen molar-refractivity contribution in [2.24, 2.45) is 0 Å². The minimum absolute atomic E-state index is 0.0675. The summed E-state index contributed by atoms with van der Waals surface area (Å²) in [6.45, 7) is 3.28. The minimum atomic E-state index is -1.10. The van der Waals surface area contributed by atoms with E-state index in [4.69, 9.17) is 5.11 Å². The number of rotatable bonds is 2. The monoisotopic (exact) mass is 252 g/mol. The van der Waals surface area contributed by atoms with Crippen LogP contribution < -0.4 is 0 Å². The molecule has 0 unspecified atom stereocenters. The van der Waals surface area contributed by atoms with Crippen molar-refractivity contribution in [3.8, 4) is 0 Å². The van der Waals surface area contributed by atoms with Crippen molar-refractivity contribution in [3.63, 3.8) is 0 Å². The van der Waals surface area contributed by atoms with Gasteiger partial charge in [-0.3, -0.25) is 4.79 Å². The van der Waals surface area contributed by atoms with Gasteiger partial charge in [0, 0.05) is 18.5 Å². The number of thiazole rings is 1. The SMILES string of the molecule is CC1=CCN(C(=O)c2nc(C(=O)O)cs2)CC1. The Morgan fingerprint density at radius 2 is 2.29 bits per heavy atom. The molecule has 0 atom stereocenters. The predicted octanol–water partition coefficient (Wildman–Crippen LogP) is 1.63. The highest BCUT2D eigenvalue weighted by atomic mass is 32.1. The summed E-state index contributed by atoms with van der Waals surface area (Å²) < 4.78 is 0. The zero-order valence-corrected chi connectivity index (χ0v) is 10.2. The van der Waals surface area contributed by atoms with Gasteiger partial charge in [0.05, 0.1) is 0 Å². The second-order valence-electron chi connectivity index (χ2n) is 3.89. The van der Waals surface area contributed by atoms with Crippen LogP contribution in [0.2, 0.25) is 0 Å². The molecule has 0 bridgehead atoms. The van der Waals surface area contributed by atoms with Crippen molar-refractivity contribution in [3.05, 3.63) is 27.7 Å². The first-order valence-electron chi connectivity index (χ1n) is 5.21. The summed E-state index contributed by atoms with van der Waals surface area (Å²) in [5.41, 5.74) is 1.21. The molecule has 1 aromatic rings. The van der Waals surface area contributed by atoms with Crippen LogP contribution in [-0.2, 0) is 0 Å². The van der Waals surface area contributed by atoms with E-state index in [0.717, 1.165) is 17.8 Å². The molecule has 0 spiro atoms. The van der Waals surface area contributed by atoms with Gasteiger partial charge in [0.15, 0.2) is 10.7 Å². The number of hydrogen-bond acceptors (Lipinski definition) is 4. The van der Waals surface area contributed by atoms with Gasteiger partial charge in [0.1, 0.15) is 0 Å². The summed E-state index contributed by atoms with van der Waals surface area (Å²) in [6, 6.07) is 0. The molecule has 0 saturated heterocycles. The molecule has 1 aromatic heterocycles. The summed E-state index contributed by atoms with van der Waals surface area (Å²) in [6.07, 6.45) is 2.87. The van der Waals surface area contributed by atoms with Crippen LogP contribution in [0.4, 0.5) is 0 Å². The molecule has 1 aliphatic heterocycles. The van der Waals surface area contributed by atoms with Crippen LogP contribution in [-0.4, -0.2) is 40.0 Å². The van der Waals surface area contributed by atoms with Crippen molar-refractivity contribution in [1.82, 2.24) is 9.88 Å². The number of nitrogens with zero attached hydrogens (tertiary/aromatic N) is 2.